The average Bonchev–Trinajstić information content (AvgIpc) is 3.62. The summed E-state index contributed by atoms with van der Waals surface area (Å²) in [5.74, 6) is 1.61. The summed E-state index contributed by atoms with van der Waals surface area (Å²) < 4.78 is 25.2. The number of rotatable bonds is 52. The van der Waals surface area contributed by atoms with E-state index in [1.54, 1.807) is 36.4 Å². The molecule has 0 saturated carbocycles. The minimum Gasteiger partial charge on any atom is -0.490 e. The van der Waals surface area contributed by atoms with E-state index in [0.29, 0.717) is 66.2 Å². The van der Waals surface area contributed by atoms with Gasteiger partial charge in [-0.15, -0.1) is 0 Å². The molecule has 2 N–H and O–H groups in total. The maximum Gasteiger partial charge on any atom is 0.255 e. The molecule has 0 aromatic heterocycles. The molecule has 2 amide bonds. The molecule has 0 aliphatic heterocycles. The Morgan fingerprint density at radius 2 is 0.577 bits per heavy atom. The first-order valence-electron chi connectivity index (χ1n) is 32.5. The molecule has 0 radical (unpaired) electrons. The third-order valence-electron chi connectivity index (χ3n) is 15.0. The van der Waals surface area contributed by atoms with E-state index < -0.39 is 5.91 Å². The predicted molar refractivity (Wildman–Crippen MR) is 331 cm³/mol. The molecule has 0 aliphatic carbocycles. The lowest BCUT2D eigenvalue weighted by atomic mass is 10.1. The van der Waals surface area contributed by atoms with Gasteiger partial charge in [0, 0.05) is 16.8 Å². The van der Waals surface area contributed by atoms with Crippen LogP contribution in [0.5, 0.6) is 23.0 Å². The summed E-state index contributed by atoms with van der Waals surface area (Å²) in [7, 11) is 0. The fraction of sp³-hybridized carbons (Fsp3) is 0.696. The van der Waals surface area contributed by atoms with E-state index >= 15 is 0 Å². The van der Waals surface area contributed by atoms with E-state index in [0.717, 1.165) is 51.4 Å². The second kappa shape index (κ2) is 47.3. The lowest BCUT2D eigenvalue weighted by Crippen LogP contribution is -2.17. The van der Waals surface area contributed by atoms with E-state index in [4.69, 9.17) is 18.9 Å². The number of carbonyl (C=O) groups is 2. The quantitative estimate of drug-likeness (QED) is 0.0542. The van der Waals surface area contributed by atoms with E-state index in [1.165, 1.54) is 218 Å². The number of nitrogens with one attached hydrogen (secondary N) is 2. The van der Waals surface area contributed by atoms with Gasteiger partial charge in [-0.2, -0.15) is 0 Å². The highest BCUT2D eigenvalue weighted by molar-refractivity contribution is 6.05. The lowest BCUT2D eigenvalue weighted by Gasteiger charge is -2.15. The third-order valence-corrected chi connectivity index (χ3v) is 15.0. The average molecular weight is 1080 g/mol. The van der Waals surface area contributed by atoms with Crippen molar-refractivity contribution in [3.8, 4) is 23.0 Å². The zero-order valence-electron chi connectivity index (χ0n) is 50.2. The monoisotopic (exact) mass is 1080 g/mol. The van der Waals surface area contributed by atoms with E-state index in [-0.39, 0.29) is 17.0 Å². The Kier molecular flexibility index (Phi) is 41.1. The van der Waals surface area contributed by atoms with Crippen LogP contribution in [0, 0.1) is 0 Å². The van der Waals surface area contributed by atoms with Crippen molar-refractivity contribution in [3.05, 3.63) is 82.0 Å². The van der Waals surface area contributed by atoms with Gasteiger partial charge in [-0.25, -0.2) is 0 Å². The molecule has 0 aliphatic rings. The van der Waals surface area contributed by atoms with Gasteiger partial charge in [0.05, 0.1) is 32.1 Å². The van der Waals surface area contributed by atoms with E-state index in [9.17, 15) is 14.4 Å². The molecule has 0 spiro atoms. The van der Waals surface area contributed by atoms with Crippen LogP contribution in [0.1, 0.15) is 305 Å². The summed E-state index contributed by atoms with van der Waals surface area (Å²) in [6, 6.07) is 16.7. The van der Waals surface area contributed by atoms with Gasteiger partial charge in [0.1, 0.15) is 0 Å². The number of amides is 2. The molecule has 78 heavy (non-hydrogen) atoms. The van der Waals surface area contributed by atoms with Crippen LogP contribution in [0.3, 0.4) is 0 Å². The maximum absolute atomic E-state index is 13.8. The molecule has 0 fully saturated rings. The summed E-state index contributed by atoms with van der Waals surface area (Å²) in [4.78, 5) is 40.9. The van der Waals surface area contributed by atoms with Crippen molar-refractivity contribution in [3.63, 3.8) is 0 Å². The van der Waals surface area contributed by atoms with Gasteiger partial charge in [0.25, 0.3) is 11.8 Å². The molecule has 0 heterocycles. The molecular weight excluding hydrogens is 969 g/mol. The van der Waals surface area contributed by atoms with Gasteiger partial charge >= 0.3 is 0 Å². The molecule has 3 aromatic carbocycles. The minimum atomic E-state index is -0.435. The van der Waals surface area contributed by atoms with Crippen LogP contribution in [0.4, 0.5) is 11.4 Å². The van der Waals surface area contributed by atoms with E-state index in [2.05, 4.69) is 38.3 Å². The van der Waals surface area contributed by atoms with Crippen molar-refractivity contribution in [2.24, 2.45) is 0 Å². The maximum atomic E-state index is 13.8. The fourth-order valence-electron chi connectivity index (χ4n) is 10.00. The van der Waals surface area contributed by atoms with Gasteiger partial charge < -0.3 is 29.6 Å². The lowest BCUT2D eigenvalue weighted by molar-refractivity contribution is 0.101. The standard InChI is InChI=1S/C69H112N2O7/c1-5-9-13-17-21-25-29-33-37-41-53-75-64-51-45-59(57-66(64)77-55-43-39-35-31-27-23-19-15-11-7-3)68(73)70-61-47-49-62(63(72)50-48-61)71-69(74)60-46-52-65(76-54-42-38-34-30-26-22-18-14-10-6-2)67(58-60)78-56-44-40-36-32-28-24-20-16-12-8-4/h45-52,57-58H,5-44,53-56H2,1-4H3,(H,70,73)(H,71,72,74). The van der Waals surface area contributed by atoms with Crippen LogP contribution in [-0.4, -0.2) is 38.2 Å². The van der Waals surface area contributed by atoms with Crippen molar-refractivity contribution in [2.75, 3.05) is 37.1 Å². The normalized spacial score (nSPS) is 11.2. The third kappa shape index (κ3) is 33.2. The number of benzene rings is 2. The first-order chi connectivity index (χ1) is 38.4. The summed E-state index contributed by atoms with van der Waals surface area (Å²) in [5, 5.41) is 5.77. The highest BCUT2D eigenvalue weighted by Gasteiger charge is 2.16. The fourth-order valence-corrected chi connectivity index (χ4v) is 10.00. The molecular formula is C69H112N2O7. The van der Waals surface area contributed by atoms with Crippen molar-refractivity contribution < 1.29 is 28.5 Å². The molecule has 0 bridgehead atoms. The van der Waals surface area contributed by atoms with Crippen LogP contribution in [0.15, 0.2) is 65.5 Å². The highest BCUT2D eigenvalue weighted by Crippen LogP contribution is 2.32. The minimum absolute atomic E-state index is 0.0983. The Hall–Kier alpha value is -4.53. The Morgan fingerprint density at radius 1 is 0.308 bits per heavy atom. The molecule has 0 unspecified atom stereocenters. The summed E-state index contributed by atoms with van der Waals surface area (Å²) in [6.07, 6.45) is 49.9. The second-order valence-electron chi connectivity index (χ2n) is 22.3. The van der Waals surface area contributed by atoms with Crippen molar-refractivity contribution in [1.29, 1.82) is 0 Å². The molecule has 3 aromatic rings. The van der Waals surface area contributed by atoms with Gasteiger partial charge in [-0.3, -0.25) is 14.4 Å². The van der Waals surface area contributed by atoms with Gasteiger partial charge in [-0.1, -0.05) is 259 Å². The van der Waals surface area contributed by atoms with Crippen LogP contribution in [0.2, 0.25) is 0 Å². The van der Waals surface area contributed by atoms with Crippen molar-refractivity contribution >= 4 is 23.2 Å². The molecule has 3 rings (SSSR count). The SMILES string of the molecule is CCCCCCCCCCCCOc1ccc(C(=O)Nc2ccc(NC(=O)c3ccc(OCCCCCCCCCCCC)c(OCCCCCCCCCCCC)c3)c(=O)cc2)cc1OCCCCCCCCCCCC. The number of ether oxygens (including phenoxy) is 4. The summed E-state index contributed by atoms with van der Waals surface area (Å²) >= 11 is 0. The first kappa shape index (κ1) is 67.7. The number of anilines is 2. The molecule has 9 nitrogen and oxygen atoms in total. The van der Waals surface area contributed by atoms with Gasteiger partial charge in [0.2, 0.25) is 5.43 Å². The number of hydrogen-bond acceptors (Lipinski definition) is 7. The van der Waals surface area contributed by atoms with Crippen LogP contribution < -0.4 is 35.0 Å². The van der Waals surface area contributed by atoms with Gasteiger partial charge in [-0.05, 0) is 86.3 Å². The number of carbonyl (C=O) groups excluding carboxylic acids is 2. The largest absolute Gasteiger partial charge is 0.490 e. The Morgan fingerprint density at radius 3 is 0.897 bits per heavy atom. The van der Waals surface area contributed by atoms with Gasteiger partial charge in [0.15, 0.2) is 23.0 Å². The smallest absolute Gasteiger partial charge is 0.255 e. The number of unbranched alkanes of at least 4 members (excludes halogenated alkanes) is 36. The second-order valence-corrected chi connectivity index (χ2v) is 22.3. The van der Waals surface area contributed by atoms with Crippen molar-refractivity contribution in [2.45, 2.75) is 285 Å². The zero-order valence-corrected chi connectivity index (χ0v) is 50.2. The summed E-state index contributed by atoms with van der Waals surface area (Å²) in [6.45, 7) is 11.3. The van der Waals surface area contributed by atoms with Crippen molar-refractivity contribution in [1.82, 2.24) is 0 Å². The zero-order chi connectivity index (χ0) is 55.8. The predicted octanol–water partition coefficient (Wildman–Crippen LogP) is 20.8. The Labute approximate surface area is 476 Å². The molecule has 0 atom stereocenters. The number of hydrogen-bond donors (Lipinski definition) is 2. The molecule has 9 heteroatoms. The molecule has 440 valence electrons. The Bertz CT molecular complexity index is 2020. The van der Waals surface area contributed by atoms with Crippen LogP contribution in [-0.2, 0) is 0 Å². The highest BCUT2D eigenvalue weighted by atomic mass is 16.5. The first-order valence-corrected chi connectivity index (χ1v) is 32.5. The van der Waals surface area contributed by atoms with E-state index in [1.807, 2.05) is 12.1 Å². The van der Waals surface area contributed by atoms with Crippen LogP contribution >= 0.6 is 0 Å². The van der Waals surface area contributed by atoms with Crippen LogP contribution in [0.25, 0.3) is 0 Å². The summed E-state index contributed by atoms with van der Waals surface area (Å²) in [5.41, 5.74) is 0.911. The Balaban J connectivity index is 1.62. The topological polar surface area (TPSA) is 112 Å². The molecule has 0 saturated heterocycles.